The lowest BCUT2D eigenvalue weighted by molar-refractivity contribution is 0.0697. The van der Waals surface area contributed by atoms with E-state index in [2.05, 4.69) is 27.5 Å². The van der Waals surface area contributed by atoms with Crippen LogP contribution >= 0.6 is 27.7 Å². The third-order valence-corrected chi connectivity index (χ3v) is 5.15. The van der Waals surface area contributed by atoms with Crippen molar-refractivity contribution in [3.63, 3.8) is 0 Å². The molecule has 0 saturated heterocycles. The van der Waals surface area contributed by atoms with Crippen molar-refractivity contribution in [3.8, 4) is 0 Å². The number of hydrogen-bond donors (Lipinski definition) is 2. The van der Waals surface area contributed by atoms with Crippen molar-refractivity contribution in [2.24, 2.45) is 0 Å². The van der Waals surface area contributed by atoms with Crippen LogP contribution < -0.4 is 5.32 Å². The molecule has 2 N–H and O–H groups in total. The number of aromatic carboxylic acids is 1. The highest BCUT2D eigenvalue weighted by molar-refractivity contribution is 9.10. The highest BCUT2D eigenvalue weighted by Gasteiger charge is 2.41. The highest BCUT2D eigenvalue weighted by atomic mass is 79.9. The van der Waals surface area contributed by atoms with Gasteiger partial charge in [0.25, 0.3) is 0 Å². The first-order valence-electron chi connectivity index (χ1n) is 5.39. The van der Waals surface area contributed by atoms with Crippen LogP contribution in [0.4, 0.5) is 5.69 Å². The molecule has 1 saturated carbocycles. The first-order chi connectivity index (χ1) is 8.08. The summed E-state index contributed by atoms with van der Waals surface area (Å²) in [5, 5.41) is 12.4. The zero-order valence-electron chi connectivity index (χ0n) is 9.50. The first kappa shape index (κ1) is 12.8. The predicted molar refractivity (Wildman–Crippen MR) is 75.1 cm³/mol. The fourth-order valence-corrected chi connectivity index (χ4v) is 3.00. The third-order valence-electron chi connectivity index (χ3n) is 3.07. The number of carbonyl (C=O) groups is 1. The molecule has 1 aliphatic rings. The molecule has 3 nitrogen and oxygen atoms in total. The van der Waals surface area contributed by atoms with Gasteiger partial charge in [-0.25, -0.2) is 4.79 Å². The molecule has 0 amide bonds. The molecule has 1 aromatic carbocycles. The van der Waals surface area contributed by atoms with Crippen LogP contribution in [0.1, 0.15) is 23.2 Å². The van der Waals surface area contributed by atoms with Crippen LogP contribution in [-0.2, 0) is 0 Å². The third kappa shape index (κ3) is 2.77. The standard InChI is InChI=1S/C12H14BrNO2S/c1-17-12(5-6-12)7-14-9-4-2-3-8(13)10(9)11(15)16/h2-4,14H,5-7H2,1H3,(H,15,16). The number of carboxylic acids is 1. The van der Waals surface area contributed by atoms with Crippen LogP contribution in [0.15, 0.2) is 22.7 Å². The molecule has 0 aliphatic heterocycles. The number of anilines is 1. The van der Waals surface area contributed by atoms with Crippen molar-refractivity contribution in [2.45, 2.75) is 17.6 Å². The maximum atomic E-state index is 11.2. The van der Waals surface area contributed by atoms with E-state index in [0.29, 0.717) is 20.5 Å². The summed E-state index contributed by atoms with van der Waals surface area (Å²) in [6.45, 7) is 0.824. The molecule has 0 unspecified atom stereocenters. The largest absolute Gasteiger partial charge is 0.478 e. The van der Waals surface area contributed by atoms with Crippen LogP contribution in [0.3, 0.4) is 0 Å². The number of benzene rings is 1. The second-order valence-corrected chi connectivity index (χ2v) is 6.34. The Morgan fingerprint density at radius 1 is 1.59 bits per heavy atom. The van der Waals surface area contributed by atoms with Crippen molar-refractivity contribution in [1.82, 2.24) is 0 Å². The zero-order valence-corrected chi connectivity index (χ0v) is 11.9. The summed E-state index contributed by atoms with van der Waals surface area (Å²) in [7, 11) is 0. The van der Waals surface area contributed by atoms with E-state index in [1.165, 1.54) is 12.8 Å². The quantitative estimate of drug-likeness (QED) is 0.873. The number of carboxylic acid groups (broad SMARTS) is 1. The molecule has 0 bridgehead atoms. The van der Waals surface area contributed by atoms with Crippen molar-refractivity contribution in [1.29, 1.82) is 0 Å². The lowest BCUT2D eigenvalue weighted by atomic mass is 10.1. The average Bonchev–Trinajstić information content (AvgIpc) is 3.06. The van der Waals surface area contributed by atoms with E-state index < -0.39 is 5.97 Å². The number of hydrogen-bond acceptors (Lipinski definition) is 3. The maximum absolute atomic E-state index is 11.2. The number of nitrogens with one attached hydrogen (secondary N) is 1. The van der Waals surface area contributed by atoms with Gasteiger partial charge >= 0.3 is 5.97 Å². The lowest BCUT2D eigenvalue weighted by Crippen LogP contribution is -2.19. The Morgan fingerprint density at radius 3 is 2.82 bits per heavy atom. The molecule has 5 heteroatoms. The van der Waals surface area contributed by atoms with Crippen LogP contribution in [0, 0.1) is 0 Å². The van der Waals surface area contributed by atoms with E-state index in [-0.39, 0.29) is 0 Å². The van der Waals surface area contributed by atoms with Crippen LogP contribution in [0.2, 0.25) is 0 Å². The Balaban J connectivity index is 2.15. The highest BCUT2D eigenvalue weighted by Crippen LogP contribution is 2.47. The zero-order chi connectivity index (χ0) is 12.5. The minimum atomic E-state index is -0.908. The Kier molecular flexibility index (Phi) is 3.68. The van der Waals surface area contributed by atoms with E-state index in [1.807, 2.05) is 23.9 Å². The van der Waals surface area contributed by atoms with Crippen LogP contribution in [0.5, 0.6) is 0 Å². The smallest absolute Gasteiger partial charge is 0.338 e. The van der Waals surface area contributed by atoms with Crippen molar-refractivity contribution < 1.29 is 9.90 Å². The molecule has 1 aliphatic carbocycles. The van der Waals surface area contributed by atoms with Gasteiger partial charge in [-0.3, -0.25) is 0 Å². The van der Waals surface area contributed by atoms with E-state index in [9.17, 15) is 9.90 Å². The van der Waals surface area contributed by atoms with Gasteiger partial charge in [-0.2, -0.15) is 11.8 Å². The molecule has 0 spiro atoms. The Bertz CT molecular complexity index is 446. The monoisotopic (exact) mass is 315 g/mol. The van der Waals surface area contributed by atoms with Gasteiger partial charge in [0.2, 0.25) is 0 Å². The van der Waals surface area contributed by atoms with Crippen LogP contribution in [-0.4, -0.2) is 28.6 Å². The summed E-state index contributed by atoms with van der Waals surface area (Å²) in [6, 6.07) is 5.40. The van der Waals surface area contributed by atoms with Gasteiger partial charge < -0.3 is 10.4 Å². The topological polar surface area (TPSA) is 49.3 Å². The average molecular weight is 316 g/mol. The summed E-state index contributed by atoms with van der Waals surface area (Å²) in [5.74, 6) is -0.908. The summed E-state index contributed by atoms with van der Waals surface area (Å²) < 4.78 is 0.932. The lowest BCUT2D eigenvalue weighted by Gasteiger charge is -2.16. The summed E-state index contributed by atoms with van der Waals surface area (Å²) in [6.07, 6.45) is 4.52. The second-order valence-electron chi connectivity index (χ2n) is 4.21. The fraction of sp³-hybridized carbons (Fsp3) is 0.417. The summed E-state index contributed by atoms with van der Waals surface area (Å²) >= 11 is 5.13. The Labute approximate surface area is 113 Å². The fourth-order valence-electron chi connectivity index (χ4n) is 1.74. The minimum absolute atomic E-state index is 0.310. The SMILES string of the molecule is CSC1(CNc2cccc(Br)c2C(=O)O)CC1. The first-order valence-corrected chi connectivity index (χ1v) is 7.41. The van der Waals surface area contributed by atoms with Gasteiger partial charge in [0.05, 0.1) is 5.56 Å². The second kappa shape index (κ2) is 4.90. The van der Waals surface area contributed by atoms with E-state index in [1.54, 1.807) is 6.07 Å². The van der Waals surface area contributed by atoms with E-state index in [4.69, 9.17) is 0 Å². The molecular formula is C12H14BrNO2S. The van der Waals surface area contributed by atoms with Gasteiger partial charge in [0.1, 0.15) is 0 Å². The van der Waals surface area contributed by atoms with Gasteiger partial charge in [0, 0.05) is 21.5 Å². The maximum Gasteiger partial charge on any atom is 0.338 e. The molecule has 0 aromatic heterocycles. The number of thioether (sulfide) groups is 1. The van der Waals surface area contributed by atoms with Gasteiger partial charge in [-0.1, -0.05) is 6.07 Å². The Morgan fingerprint density at radius 2 is 2.29 bits per heavy atom. The molecule has 0 atom stereocenters. The van der Waals surface area contributed by atoms with E-state index in [0.717, 1.165) is 6.54 Å². The normalized spacial score (nSPS) is 16.6. The predicted octanol–water partition coefficient (Wildman–Crippen LogP) is 3.45. The van der Waals surface area contributed by atoms with Gasteiger partial charge in [0.15, 0.2) is 0 Å². The van der Waals surface area contributed by atoms with Gasteiger partial charge in [-0.05, 0) is 47.2 Å². The molecule has 17 heavy (non-hydrogen) atoms. The summed E-state index contributed by atoms with van der Waals surface area (Å²) in [4.78, 5) is 11.2. The minimum Gasteiger partial charge on any atom is -0.478 e. The number of rotatable bonds is 5. The van der Waals surface area contributed by atoms with Crippen LogP contribution in [0.25, 0.3) is 0 Å². The molecule has 92 valence electrons. The van der Waals surface area contributed by atoms with E-state index >= 15 is 0 Å². The van der Waals surface area contributed by atoms with Gasteiger partial charge in [-0.15, -0.1) is 0 Å². The molecule has 2 rings (SSSR count). The molecular weight excluding hydrogens is 302 g/mol. The number of halogens is 1. The van der Waals surface area contributed by atoms with Crippen molar-refractivity contribution in [3.05, 3.63) is 28.2 Å². The molecule has 0 heterocycles. The van der Waals surface area contributed by atoms with Crippen molar-refractivity contribution in [2.75, 3.05) is 18.1 Å². The molecule has 1 fully saturated rings. The summed E-state index contributed by atoms with van der Waals surface area (Å²) in [5.41, 5.74) is 0.997. The Hall–Kier alpha value is -0.680. The molecule has 0 radical (unpaired) electrons. The van der Waals surface area contributed by atoms with Crippen molar-refractivity contribution >= 4 is 39.3 Å². The molecule has 1 aromatic rings.